The summed E-state index contributed by atoms with van der Waals surface area (Å²) in [5, 5.41) is 11.8. The van der Waals surface area contributed by atoms with Crippen LogP contribution in [0.5, 0.6) is 11.5 Å². The van der Waals surface area contributed by atoms with Gasteiger partial charge < -0.3 is 15.4 Å². The van der Waals surface area contributed by atoms with Gasteiger partial charge in [-0.1, -0.05) is 12.1 Å². The third-order valence-electron chi connectivity index (χ3n) is 5.12. The molecule has 27 heavy (non-hydrogen) atoms. The highest BCUT2D eigenvalue weighted by molar-refractivity contribution is 7.89. The first kappa shape index (κ1) is 18.0. The summed E-state index contributed by atoms with van der Waals surface area (Å²) in [5.41, 5.74) is 0.532. The number of rotatable bonds is 5. The molecule has 2 bridgehead atoms. The number of hydrogen-bond donors (Lipinski definition) is 3. The summed E-state index contributed by atoms with van der Waals surface area (Å²) in [5.74, 6) is 0.445. The fourth-order valence-corrected chi connectivity index (χ4v) is 4.46. The summed E-state index contributed by atoms with van der Waals surface area (Å²) < 4.78 is 28.9. The Hall–Kier alpha value is -2.42. The van der Waals surface area contributed by atoms with Gasteiger partial charge in [-0.2, -0.15) is 0 Å². The van der Waals surface area contributed by atoms with Crippen LogP contribution in [0.25, 0.3) is 0 Å². The maximum absolute atomic E-state index is 12.5. The van der Waals surface area contributed by atoms with Gasteiger partial charge in [-0.25, -0.2) is 13.6 Å². The average molecular weight is 387 g/mol. The Balaban J connectivity index is 1.44. The summed E-state index contributed by atoms with van der Waals surface area (Å²) in [6.07, 6.45) is 3.26. The molecule has 0 unspecified atom stereocenters. The molecule has 0 aliphatic carbocycles. The number of nitrogens with two attached hydrogens (primary N) is 1. The molecule has 2 fully saturated rings. The predicted octanol–water partition coefficient (Wildman–Crippen LogP) is 1.75. The molecule has 2 heterocycles. The molecule has 0 spiro atoms. The number of benzene rings is 2. The van der Waals surface area contributed by atoms with E-state index in [-0.39, 0.29) is 22.6 Å². The second-order valence-corrected chi connectivity index (χ2v) is 8.51. The van der Waals surface area contributed by atoms with Crippen LogP contribution in [-0.4, -0.2) is 32.5 Å². The Morgan fingerprint density at radius 3 is 2.48 bits per heavy atom. The SMILES string of the molecule is NS(=O)(=O)c1ccccc1Oc1ccc(C(=O)N[C@@H]2C[C@H]3CC[C@@H]2N3)cc1. The van der Waals surface area contributed by atoms with Crippen LogP contribution in [0, 0.1) is 0 Å². The zero-order valence-corrected chi connectivity index (χ0v) is 15.4. The maximum Gasteiger partial charge on any atom is 0.251 e. The number of hydrogen-bond acceptors (Lipinski definition) is 5. The van der Waals surface area contributed by atoms with Gasteiger partial charge >= 0.3 is 0 Å². The van der Waals surface area contributed by atoms with Crippen molar-refractivity contribution < 1.29 is 17.9 Å². The van der Waals surface area contributed by atoms with Crippen molar-refractivity contribution in [2.45, 2.75) is 42.3 Å². The molecule has 2 aliphatic rings. The van der Waals surface area contributed by atoms with Gasteiger partial charge in [0.05, 0.1) is 0 Å². The molecule has 7 nitrogen and oxygen atoms in total. The summed E-state index contributed by atoms with van der Waals surface area (Å²) in [6.45, 7) is 0. The van der Waals surface area contributed by atoms with Gasteiger partial charge in [0.25, 0.3) is 5.91 Å². The normalized spacial score (nSPS) is 24.0. The van der Waals surface area contributed by atoms with Crippen molar-refractivity contribution in [1.29, 1.82) is 0 Å². The lowest BCUT2D eigenvalue weighted by atomic mass is 9.95. The van der Waals surface area contributed by atoms with Crippen LogP contribution in [-0.2, 0) is 10.0 Å². The van der Waals surface area contributed by atoms with Gasteiger partial charge in [-0.15, -0.1) is 0 Å². The Labute approximate surface area is 158 Å². The number of ether oxygens (including phenoxy) is 1. The lowest BCUT2D eigenvalue weighted by molar-refractivity contribution is 0.0931. The molecule has 4 N–H and O–H groups in total. The van der Waals surface area contributed by atoms with Crippen LogP contribution in [0.15, 0.2) is 53.4 Å². The van der Waals surface area contributed by atoms with E-state index in [1.165, 1.54) is 18.6 Å². The number of nitrogens with one attached hydrogen (secondary N) is 2. The largest absolute Gasteiger partial charge is 0.456 e. The minimum Gasteiger partial charge on any atom is -0.456 e. The highest BCUT2D eigenvalue weighted by Crippen LogP contribution is 2.29. The van der Waals surface area contributed by atoms with E-state index in [9.17, 15) is 13.2 Å². The fraction of sp³-hybridized carbons (Fsp3) is 0.316. The molecule has 8 heteroatoms. The number of carbonyl (C=O) groups is 1. The third-order valence-corrected chi connectivity index (χ3v) is 6.07. The molecule has 1 amide bonds. The first-order valence-corrected chi connectivity index (χ1v) is 10.4. The highest BCUT2D eigenvalue weighted by atomic mass is 32.2. The van der Waals surface area contributed by atoms with Gasteiger partial charge in [-0.3, -0.25) is 4.79 Å². The van der Waals surface area contributed by atoms with Crippen molar-refractivity contribution in [2.75, 3.05) is 0 Å². The van der Waals surface area contributed by atoms with Crippen molar-refractivity contribution in [3.63, 3.8) is 0 Å². The molecule has 142 valence electrons. The summed E-state index contributed by atoms with van der Waals surface area (Å²) in [6, 6.07) is 13.8. The lowest BCUT2D eigenvalue weighted by Crippen LogP contribution is -2.42. The molecule has 2 aliphatic heterocycles. The smallest absolute Gasteiger partial charge is 0.251 e. The van der Waals surface area contributed by atoms with Crippen molar-refractivity contribution in [2.24, 2.45) is 5.14 Å². The average Bonchev–Trinajstić information content (AvgIpc) is 3.25. The van der Waals surface area contributed by atoms with E-state index in [4.69, 9.17) is 9.88 Å². The summed E-state index contributed by atoms with van der Waals surface area (Å²) in [4.78, 5) is 12.4. The van der Waals surface area contributed by atoms with Crippen molar-refractivity contribution in [3.05, 3.63) is 54.1 Å². The molecular formula is C19H21N3O4S. The maximum atomic E-state index is 12.5. The van der Waals surface area contributed by atoms with Crippen molar-refractivity contribution in [3.8, 4) is 11.5 Å². The monoisotopic (exact) mass is 387 g/mol. The van der Waals surface area contributed by atoms with Gasteiger partial charge in [-0.05, 0) is 55.7 Å². The molecule has 2 aromatic rings. The van der Waals surface area contributed by atoms with E-state index in [0.29, 0.717) is 23.4 Å². The molecular weight excluding hydrogens is 366 g/mol. The molecule has 3 atom stereocenters. The number of primary sulfonamides is 1. The Kier molecular flexibility index (Phi) is 4.63. The second-order valence-electron chi connectivity index (χ2n) is 6.98. The molecule has 4 rings (SSSR count). The zero-order valence-electron chi connectivity index (χ0n) is 14.6. The zero-order chi connectivity index (χ0) is 19.0. The van der Waals surface area contributed by atoms with Crippen LogP contribution in [0.1, 0.15) is 29.6 Å². The molecule has 2 saturated heterocycles. The number of fused-ring (bicyclic) bond motifs is 2. The van der Waals surface area contributed by atoms with Crippen LogP contribution >= 0.6 is 0 Å². The minimum atomic E-state index is -3.89. The summed E-state index contributed by atoms with van der Waals surface area (Å²) >= 11 is 0. The van der Waals surface area contributed by atoms with Gasteiger partial charge in [0, 0.05) is 23.7 Å². The van der Waals surface area contributed by atoms with E-state index in [1.807, 2.05) is 0 Å². The Morgan fingerprint density at radius 2 is 1.85 bits per heavy atom. The minimum absolute atomic E-state index is 0.0874. The first-order chi connectivity index (χ1) is 12.9. The number of para-hydroxylation sites is 1. The van der Waals surface area contributed by atoms with Gasteiger partial charge in [0.1, 0.15) is 16.4 Å². The van der Waals surface area contributed by atoms with Crippen molar-refractivity contribution in [1.82, 2.24) is 10.6 Å². The number of sulfonamides is 1. The first-order valence-electron chi connectivity index (χ1n) is 8.87. The molecule has 2 aromatic carbocycles. The standard InChI is InChI=1S/C19H21N3O4S/c20-27(24,25)18-4-2-1-3-17(18)26-14-8-5-12(6-9-14)19(23)22-16-11-13-7-10-15(16)21-13/h1-6,8-9,13,15-16,21H,7,10-11H2,(H,22,23)(H2,20,24,25)/t13-,15+,16-/m1/s1. The Bertz CT molecular complexity index is 959. The van der Waals surface area contributed by atoms with Crippen LogP contribution in [0.3, 0.4) is 0 Å². The quantitative estimate of drug-likeness (QED) is 0.724. The molecule has 0 saturated carbocycles. The number of carbonyl (C=O) groups excluding carboxylic acids is 1. The van der Waals surface area contributed by atoms with Crippen LogP contribution in [0.4, 0.5) is 0 Å². The van der Waals surface area contributed by atoms with Crippen LogP contribution < -0.4 is 20.5 Å². The van der Waals surface area contributed by atoms with E-state index in [1.54, 1.807) is 36.4 Å². The fourth-order valence-electron chi connectivity index (χ4n) is 3.81. The van der Waals surface area contributed by atoms with Crippen LogP contribution in [0.2, 0.25) is 0 Å². The number of amides is 1. The molecule has 0 aromatic heterocycles. The van der Waals surface area contributed by atoms with E-state index >= 15 is 0 Å². The van der Waals surface area contributed by atoms with Crippen molar-refractivity contribution >= 4 is 15.9 Å². The Morgan fingerprint density at radius 1 is 1.11 bits per heavy atom. The van der Waals surface area contributed by atoms with E-state index in [0.717, 1.165) is 12.8 Å². The summed E-state index contributed by atoms with van der Waals surface area (Å²) in [7, 11) is -3.89. The topological polar surface area (TPSA) is 111 Å². The van der Waals surface area contributed by atoms with E-state index in [2.05, 4.69) is 10.6 Å². The van der Waals surface area contributed by atoms with E-state index < -0.39 is 10.0 Å². The highest BCUT2D eigenvalue weighted by Gasteiger charge is 2.39. The molecule has 0 radical (unpaired) electrons. The lowest BCUT2D eigenvalue weighted by Gasteiger charge is -2.21. The predicted molar refractivity (Wildman–Crippen MR) is 100 cm³/mol. The van der Waals surface area contributed by atoms with Gasteiger partial charge in [0.15, 0.2) is 0 Å². The third kappa shape index (κ3) is 3.83. The van der Waals surface area contributed by atoms with Gasteiger partial charge in [0.2, 0.25) is 10.0 Å². The second kappa shape index (κ2) is 6.95.